The molecule has 0 aliphatic rings. The highest BCUT2D eigenvalue weighted by atomic mass is 35.5. The van der Waals surface area contributed by atoms with Crippen LogP contribution in [0.15, 0.2) is 53.4 Å². The standard InChI is InChI=1S/C17H19ClN2O3S/c1-3-11-20(2)17(21)13-7-6-8-14(12-13)24(22,23)19-16-10-5-4-9-15(16)18/h4-10,12,19H,3,11H2,1-2H3. The first-order chi connectivity index (χ1) is 11.3. The van der Waals surface area contributed by atoms with Crippen LogP contribution in [-0.4, -0.2) is 32.8 Å². The number of anilines is 1. The van der Waals surface area contributed by atoms with Crippen molar-refractivity contribution in [2.45, 2.75) is 18.2 Å². The molecule has 0 heterocycles. The van der Waals surface area contributed by atoms with Crippen LogP contribution in [0, 0.1) is 0 Å². The Hall–Kier alpha value is -2.05. The van der Waals surface area contributed by atoms with Crippen LogP contribution in [-0.2, 0) is 10.0 Å². The van der Waals surface area contributed by atoms with Crippen LogP contribution in [0.1, 0.15) is 23.7 Å². The number of hydrogen-bond donors (Lipinski definition) is 1. The Morgan fingerprint density at radius 3 is 2.54 bits per heavy atom. The van der Waals surface area contributed by atoms with Crippen molar-refractivity contribution in [2.24, 2.45) is 0 Å². The molecule has 2 rings (SSSR count). The Morgan fingerprint density at radius 2 is 1.88 bits per heavy atom. The number of para-hydroxylation sites is 1. The van der Waals surface area contributed by atoms with Crippen LogP contribution in [0.4, 0.5) is 5.69 Å². The molecule has 0 atom stereocenters. The van der Waals surface area contributed by atoms with Gasteiger partial charge in [0.05, 0.1) is 15.6 Å². The highest BCUT2D eigenvalue weighted by Crippen LogP contribution is 2.24. The van der Waals surface area contributed by atoms with Crippen molar-refractivity contribution < 1.29 is 13.2 Å². The first-order valence-electron chi connectivity index (χ1n) is 7.48. The minimum absolute atomic E-state index is 0.0122. The molecule has 0 aliphatic heterocycles. The number of benzene rings is 2. The van der Waals surface area contributed by atoms with Crippen molar-refractivity contribution in [1.82, 2.24) is 4.90 Å². The molecule has 0 saturated heterocycles. The number of carbonyl (C=O) groups is 1. The molecule has 2 aromatic carbocycles. The predicted octanol–water partition coefficient (Wildman–Crippen LogP) is 3.62. The van der Waals surface area contributed by atoms with E-state index in [0.717, 1.165) is 6.42 Å². The van der Waals surface area contributed by atoms with Gasteiger partial charge in [-0.2, -0.15) is 0 Å². The third kappa shape index (κ3) is 4.27. The summed E-state index contributed by atoms with van der Waals surface area (Å²) in [4.78, 5) is 13.9. The number of hydrogen-bond acceptors (Lipinski definition) is 3. The van der Waals surface area contributed by atoms with E-state index in [-0.39, 0.29) is 10.8 Å². The van der Waals surface area contributed by atoms with Gasteiger partial charge in [-0.15, -0.1) is 0 Å². The number of halogens is 1. The van der Waals surface area contributed by atoms with Crippen molar-refractivity contribution in [1.29, 1.82) is 0 Å². The fourth-order valence-electron chi connectivity index (χ4n) is 2.20. The lowest BCUT2D eigenvalue weighted by molar-refractivity contribution is 0.0795. The van der Waals surface area contributed by atoms with Gasteiger partial charge in [-0.1, -0.05) is 36.7 Å². The quantitative estimate of drug-likeness (QED) is 0.849. The molecule has 0 saturated carbocycles. The highest BCUT2D eigenvalue weighted by Gasteiger charge is 2.18. The smallest absolute Gasteiger partial charge is 0.261 e. The van der Waals surface area contributed by atoms with E-state index in [4.69, 9.17) is 11.6 Å². The number of rotatable bonds is 6. The number of nitrogens with zero attached hydrogens (tertiary/aromatic N) is 1. The number of nitrogens with one attached hydrogen (secondary N) is 1. The molecule has 0 radical (unpaired) electrons. The Balaban J connectivity index is 2.30. The molecule has 0 bridgehead atoms. The summed E-state index contributed by atoms with van der Waals surface area (Å²) in [5.41, 5.74) is 0.618. The van der Waals surface area contributed by atoms with Crippen LogP contribution in [0.2, 0.25) is 5.02 Å². The molecule has 7 heteroatoms. The molecule has 0 aliphatic carbocycles. The third-order valence-electron chi connectivity index (χ3n) is 3.42. The normalized spacial score (nSPS) is 11.1. The van der Waals surface area contributed by atoms with Crippen molar-refractivity contribution in [3.63, 3.8) is 0 Å². The zero-order valence-electron chi connectivity index (χ0n) is 13.5. The summed E-state index contributed by atoms with van der Waals surface area (Å²) in [6.45, 7) is 2.58. The molecule has 5 nitrogen and oxygen atoms in total. The summed E-state index contributed by atoms with van der Waals surface area (Å²) in [5.74, 6) is -0.216. The van der Waals surface area contributed by atoms with E-state index < -0.39 is 10.0 Å². The van der Waals surface area contributed by atoms with E-state index in [1.165, 1.54) is 12.1 Å². The lowest BCUT2D eigenvalue weighted by Crippen LogP contribution is -2.27. The van der Waals surface area contributed by atoms with Gasteiger partial charge in [0.25, 0.3) is 15.9 Å². The van der Waals surface area contributed by atoms with Gasteiger partial charge >= 0.3 is 0 Å². The Labute approximate surface area is 147 Å². The fraction of sp³-hybridized carbons (Fsp3) is 0.235. The predicted molar refractivity (Wildman–Crippen MR) is 96.0 cm³/mol. The van der Waals surface area contributed by atoms with Crippen molar-refractivity contribution >= 4 is 33.2 Å². The maximum absolute atomic E-state index is 12.5. The first-order valence-corrected chi connectivity index (χ1v) is 9.34. The maximum atomic E-state index is 12.5. The molecule has 24 heavy (non-hydrogen) atoms. The topological polar surface area (TPSA) is 66.5 Å². The van der Waals surface area contributed by atoms with Crippen LogP contribution >= 0.6 is 11.6 Å². The van der Waals surface area contributed by atoms with Crippen molar-refractivity contribution in [3.8, 4) is 0 Å². The zero-order chi connectivity index (χ0) is 17.7. The first kappa shape index (κ1) is 18.3. The molecule has 0 aromatic heterocycles. The van der Waals surface area contributed by atoms with E-state index in [1.807, 2.05) is 6.92 Å². The average molecular weight is 367 g/mol. The average Bonchev–Trinajstić information content (AvgIpc) is 2.56. The number of sulfonamides is 1. The lowest BCUT2D eigenvalue weighted by Gasteiger charge is -2.16. The Morgan fingerprint density at radius 1 is 1.17 bits per heavy atom. The van der Waals surface area contributed by atoms with Crippen molar-refractivity contribution in [2.75, 3.05) is 18.3 Å². The molecular formula is C17H19ClN2O3S. The van der Waals surface area contributed by atoms with E-state index >= 15 is 0 Å². The van der Waals surface area contributed by atoms with E-state index in [9.17, 15) is 13.2 Å². The second-order valence-electron chi connectivity index (χ2n) is 5.34. The molecule has 1 amide bonds. The largest absolute Gasteiger partial charge is 0.342 e. The van der Waals surface area contributed by atoms with E-state index in [2.05, 4.69) is 4.72 Å². The summed E-state index contributed by atoms with van der Waals surface area (Å²) in [6.07, 6.45) is 0.828. The Kier molecular flexibility index (Phi) is 5.85. The van der Waals surface area contributed by atoms with Crippen LogP contribution in [0.3, 0.4) is 0 Å². The van der Waals surface area contributed by atoms with Crippen LogP contribution in [0.25, 0.3) is 0 Å². The third-order valence-corrected chi connectivity index (χ3v) is 5.11. The molecule has 1 N–H and O–H groups in total. The number of amides is 1. The summed E-state index contributed by atoms with van der Waals surface area (Å²) in [6, 6.07) is 12.5. The van der Waals surface area contributed by atoms with Crippen molar-refractivity contribution in [3.05, 3.63) is 59.1 Å². The van der Waals surface area contributed by atoms with Gasteiger partial charge in [-0.3, -0.25) is 9.52 Å². The van der Waals surface area contributed by atoms with Gasteiger partial charge in [0.15, 0.2) is 0 Å². The van der Waals surface area contributed by atoms with Crippen LogP contribution < -0.4 is 4.72 Å². The summed E-state index contributed by atoms with van der Waals surface area (Å²) in [5, 5.41) is 0.302. The SMILES string of the molecule is CCCN(C)C(=O)c1cccc(S(=O)(=O)Nc2ccccc2Cl)c1. The molecule has 0 spiro atoms. The monoisotopic (exact) mass is 366 g/mol. The van der Waals surface area contributed by atoms with Gasteiger partial charge in [0.1, 0.15) is 0 Å². The fourth-order valence-corrected chi connectivity index (χ4v) is 3.57. The minimum Gasteiger partial charge on any atom is -0.342 e. The summed E-state index contributed by atoms with van der Waals surface area (Å²) < 4.78 is 27.5. The molecular weight excluding hydrogens is 348 g/mol. The Bertz CT molecular complexity index is 837. The lowest BCUT2D eigenvalue weighted by atomic mass is 10.2. The molecule has 128 valence electrons. The van der Waals surface area contributed by atoms with Gasteiger partial charge < -0.3 is 4.90 Å². The zero-order valence-corrected chi connectivity index (χ0v) is 15.1. The van der Waals surface area contributed by atoms with Crippen LogP contribution in [0.5, 0.6) is 0 Å². The van der Waals surface area contributed by atoms with Gasteiger partial charge in [0, 0.05) is 19.2 Å². The second-order valence-corrected chi connectivity index (χ2v) is 7.43. The van der Waals surface area contributed by atoms with Gasteiger partial charge in [-0.05, 0) is 36.8 Å². The molecule has 0 fully saturated rings. The van der Waals surface area contributed by atoms with E-state index in [1.54, 1.807) is 48.3 Å². The summed E-state index contributed by atoms with van der Waals surface area (Å²) >= 11 is 5.99. The molecule has 2 aromatic rings. The highest BCUT2D eigenvalue weighted by molar-refractivity contribution is 7.92. The minimum atomic E-state index is -3.84. The summed E-state index contributed by atoms with van der Waals surface area (Å²) in [7, 11) is -2.15. The molecule has 0 unspecified atom stereocenters. The van der Waals surface area contributed by atoms with E-state index in [0.29, 0.717) is 22.8 Å². The maximum Gasteiger partial charge on any atom is 0.261 e. The second kappa shape index (κ2) is 7.68. The van der Waals surface area contributed by atoms with Gasteiger partial charge in [-0.25, -0.2) is 8.42 Å². The van der Waals surface area contributed by atoms with Gasteiger partial charge in [0.2, 0.25) is 0 Å². The number of carbonyl (C=O) groups excluding carboxylic acids is 1.